The highest BCUT2D eigenvalue weighted by atomic mass is 16.6. The van der Waals surface area contributed by atoms with Gasteiger partial charge in [-0.05, 0) is 36.8 Å². The number of pyridine rings is 1. The number of hydrogen-bond donors (Lipinski definition) is 1. The quantitative estimate of drug-likeness (QED) is 0.452. The fraction of sp³-hybridized carbons (Fsp3) is 0.0625. The van der Waals surface area contributed by atoms with Crippen molar-refractivity contribution in [2.45, 2.75) is 6.92 Å². The lowest BCUT2D eigenvalue weighted by Gasteiger charge is -2.01. The predicted octanol–water partition coefficient (Wildman–Crippen LogP) is 2.31. The van der Waals surface area contributed by atoms with E-state index in [9.17, 15) is 14.9 Å². The molecule has 0 unspecified atom stereocenters. The smallest absolute Gasteiger partial charge is 0.290 e. The third kappa shape index (κ3) is 2.98. The number of nitro benzene ring substituents is 1. The zero-order valence-electron chi connectivity index (χ0n) is 12.7. The van der Waals surface area contributed by atoms with Crippen molar-refractivity contribution in [1.29, 1.82) is 0 Å². The molecule has 3 rings (SSSR count). The van der Waals surface area contributed by atoms with E-state index >= 15 is 0 Å². The van der Waals surface area contributed by atoms with Gasteiger partial charge in [-0.1, -0.05) is 6.07 Å². The number of rotatable bonds is 4. The summed E-state index contributed by atoms with van der Waals surface area (Å²) in [4.78, 5) is 26.7. The topological polar surface area (TPSA) is 102 Å². The van der Waals surface area contributed by atoms with Crippen LogP contribution in [-0.4, -0.2) is 26.4 Å². The number of nitrogens with zero attached hydrogens (tertiary/aromatic N) is 4. The Morgan fingerprint density at radius 1 is 1.29 bits per heavy atom. The van der Waals surface area contributed by atoms with E-state index in [0.717, 1.165) is 0 Å². The molecule has 3 aromatic rings. The van der Waals surface area contributed by atoms with Crippen LogP contribution in [0.5, 0.6) is 0 Å². The molecule has 0 spiro atoms. The summed E-state index contributed by atoms with van der Waals surface area (Å²) in [6, 6.07) is 11.3. The Morgan fingerprint density at radius 3 is 2.75 bits per heavy atom. The summed E-state index contributed by atoms with van der Waals surface area (Å²) in [6.45, 7) is 1.75. The monoisotopic (exact) mass is 323 g/mol. The molecule has 0 aliphatic carbocycles. The van der Waals surface area contributed by atoms with Crippen LogP contribution in [0.2, 0.25) is 0 Å². The van der Waals surface area contributed by atoms with E-state index in [2.05, 4.69) is 15.5 Å². The lowest BCUT2D eigenvalue weighted by Crippen LogP contribution is -2.20. The van der Waals surface area contributed by atoms with Crippen LogP contribution < -0.4 is 5.43 Å². The summed E-state index contributed by atoms with van der Waals surface area (Å²) in [5, 5.41) is 14.5. The summed E-state index contributed by atoms with van der Waals surface area (Å²) < 4.78 is 1.69. The Bertz CT molecular complexity index is 944. The maximum Gasteiger partial charge on any atom is 0.290 e. The molecule has 8 heteroatoms. The van der Waals surface area contributed by atoms with Crippen molar-refractivity contribution >= 4 is 23.5 Å². The molecule has 1 amide bonds. The Kier molecular flexibility index (Phi) is 4.02. The largest absolute Gasteiger partial charge is 0.295 e. The number of imidazole rings is 1. The number of aromatic nitrogens is 2. The second kappa shape index (κ2) is 6.29. The first-order valence-corrected chi connectivity index (χ1v) is 7.08. The number of fused-ring (bicyclic) bond motifs is 1. The molecule has 0 radical (unpaired) electrons. The molecule has 0 aliphatic rings. The average Bonchev–Trinajstić information content (AvgIpc) is 2.91. The SMILES string of the molecule is Cc1nc2ccccn2c1C(=O)N/N=C/c1ccc([N+](=O)[O-])cc1. The number of non-ortho nitro benzene ring substituents is 1. The average molecular weight is 323 g/mol. The normalized spacial score (nSPS) is 11.0. The van der Waals surface area contributed by atoms with Crippen LogP contribution in [0.4, 0.5) is 5.69 Å². The highest BCUT2D eigenvalue weighted by Crippen LogP contribution is 2.12. The fourth-order valence-corrected chi connectivity index (χ4v) is 2.29. The van der Waals surface area contributed by atoms with E-state index in [1.54, 1.807) is 29.7 Å². The highest BCUT2D eigenvalue weighted by Gasteiger charge is 2.15. The van der Waals surface area contributed by atoms with Gasteiger partial charge < -0.3 is 0 Å². The van der Waals surface area contributed by atoms with Gasteiger partial charge in [0, 0.05) is 18.3 Å². The van der Waals surface area contributed by atoms with Crippen molar-refractivity contribution in [2.24, 2.45) is 5.10 Å². The number of nitrogens with one attached hydrogen (secondary N) is 1. The van der Waals surface area contributed by atoms with Gasteiger partial charge in [0.15, 0.2) is 0 Å². The van der Waals surface area contributed by atoms with Gasteiger partial charge in [-0.15, -0.1) is 0 Å². The Labute approximate surface area is 136 Å². The summed E-state index contributed by atoms with van der Waals surface area (Å²) in [7, 11) is 0. The fourth-order valence-electron chi connectivity index (χ4n) is 2.29. The van der Waals surface area contributed by atoms with Crippen LogP contribution in [0, 0.1) is 17.0 Å². The molecular formula is C16H13N5O3. The summed E-state index contributed by atoms with van der Waals surface area (Å²) in [5.41, 5.74) is 4.76. The molecule has 0 fully saturated rings. The van der Waals surface area contributed by atoms with Gasteiger partial charge in [0.25, 0.3) is 11.6 Å². The lowest BCUT2D eigenvalue weighted by molar-refractivity contribution is -0.384. The van der Waals surface area contributed by atoms with Crippen molar-refractivity contribution in [3.05, 3.63) is 75.7 Å². The first kappa shape index (κ1) is 15.3. The molecule has 24 heavy (non-hydrogen) atoms. The summed E-state index contributed by atoms with van der Waals surface area (Å²) in [5.74, 6) is -0.385. The molecular weight excluding hydrogens is 310 g/mol. The second-order valence-corrected chi connectivity index (χ2v) is 5.02. The Balaban J connectivity index is 1.75. The summed E-state index contributed by atoms with van der Waals surface area (Å²) >= 11 is 0. The molecule has 1 aromatic carbocycles. The minimum atomic E-state index is -0.476. The number of nitro groups is 1. The number of hydrogen-bond acceptors (Lipinski definition) is 5. The van der Waals surface area contributed by atoms with Gasteiger partial charge in [-0.3, -0.25) is 19.3 Å². The molecule has 1 N–H and O–H groups in total. The van der Waals surface area contributed by atoms with E-state index in [4.69, 9.17) is 0 Å². The van der Waals surface area contributed by atoms with Gasteiger partial charge in [-0.25, -0.2) is 10.4 Å². The number of carbonyl (C=O) groups excluding carboxylic acids is 1. The zero-order chi connectivity index (χ0) is 17.1. The van der Waals surface area contributed by atoms with Crippen LogP contribution in [-0.2, 0) is 0 Å². The van der Waals surface area contributed by atoms with Crippen molar-refractivity contribution in [3.63, 3.8) is 0 Å². The molecule has 0 saturated carbocycles. The van der Waals surface area contributed by atoms with Gasteiger partial charge in [0.2, 0.25) is 0 Å². The number of hydrazone groups is 1. The van der Waals surface area contributed by atoms with Gasteiger partial charge in [0.05, 0.1) is 16.8 Å². The molecule has 0 atom stereocenters. The molecule has 0 bridgehead atoms. The van der Waals surface area contributed by atoms with Crippen molar-refractivity contribution in [2.75, 3.05) is 0 Å². The molecule has 0 saturated heterocycles. The van der Waals surface area contributed by atoms with E-state index in [1.165, 1.54) is 18.3 Å². The molecule has 120 valence electrons. The molecule has 8 nitrogen and oxygen atoms in total. The Hall–Kier alpha value is -3.55. The maximum atomic E-state index is 12.3. The first-order chi connectivity index (χ1) is 11.6. The minimum absolute atomic E-state index is 0.00228. The van der Waals surface area contributed by atoms with E-state index in [1.807, 2.05) is 18.2 Å². The standard InChI is InChI=1S/C16H13N5O3/c1-11-15(20-9-3-2-4-14(20)18-11)16(22)19-17-10-12-5-7-13(8-6-12)21(23)24/h2-10H,1H3,(H,19,22)/b17-10+. The zero-order valence-corrected chi connectivity index (χ0v) is 12.7. The second-order valence-electron chi connectivity index (χ2n) is 5.02. The number of benzene rings is 1. The van der Waals surface area contributed by atoms with Crippen LogP contribution in [0.1, 0.15) is 21.7 Å². The van der Waals surface area contributed by atoms with Crippen LogP contribution >= 0.6 is 0 Å². The van der Waals surface area contributed by atoms with E-state index in [-0.39, 0.29) is 11.6 Å². The Morgan fingerprint density at radius 2 is 2.04 bits per heavy atom. The molecule has 2 aromatic heterocycles. The van der Waals surface area contributed by atoms with Crippen LogP contribution in [0.3, 0.4) is 0 Å². The van der Waals surface area contributed by atoms with Crippen molar-refractivity contribution in [3.8, 4) is 0 Å². The van der Waals surface area contributed by atoms with Gasteiger partial charge >= 0.3 is 0 Å². The predicted molar refractivity (Wildman–Crippen MR) is 88.1 cm³/mol. The van der Waals surface area contributed by atoms with E-state index in [0.29, 0.717) is 22.6 Å². The summed E-state index contributed by atoms with van der Waals surface area (Å²) in [6.07, 6.45) is 3.17. The molecule has 0 aliphatic heterocycles. The lowest BCUT2D eigenvalue weighted by atomic mass is 10.2. The van der Waals surface area contributed by atoms with E-state index < -0.39 is 4.92 Å². The first-order valence-electron chi connectivity index (χ1n) is 7.08. The van der Waals surface area contributed by atoms with Gasteiger partial charge in [-0.2, -0.15) is 5.10 Å². The highest BCUT2D eigenvalue weighted by molar-refractivity contribution is 5.95. The number of amides is 1. The third-order valence-electron chi connectivity index (χ3n) is 3.40. The van der Waals surface area contributed by atoms with Gasteiger partial charge in [0.1, 0.15) is 11.3 Å². The van der Waals surface area contributed by atoms with Crippen molar-refractivity contribution < 1.29 is 9.72 Å². The molecule has 2 heterocycles. The van der Waals surface area contributed by atoms with Crippen LogP contribution in [0.15, 0.2) is 53.8 Å². The maximum absolute atomic E-state index is 12.3. The van der Waals surface area contributed by atoms with Crippen molar-refractivity contribution in [1.82, 2.24) is 14.8 Å². The third-order valence-corrected chi connectivity index (χ3v) is 3.40. The van der Waals surface area contributed by atoms with Crippen LogP contribution in [0.25, 0.3) is 5.65 Å². The number of aryl methyl sites for hydroxylation is 1. The minimum Gasteiger partial charge on any atom is -0.295 e. The number of carbonyl (C=O) groups is 1.